The fraction of sp³-hybridized carbons (Fsp3) is 0.103. The number of hydrogen-bond acceptors (Lipinski definition) is 5. The van der Waals surface area contributed by atoms with Crippen LogP contribution in [-0.4, -0.2) is 30.2 Å². The highest BCUT2D eigenvalue weighted by molar-refractivity contribution is 6.31. The molecule has 172 valence electrons. The first kappa shape index (κ1) is 21.4. The lowest BCUT2D eigenvalue weighted by atomic mass is 10.1. The summed E-state index contributed by atoms with van der Waals surface area (Å²) in [6, 6.07) is 28.2. The quantitative estimate of drug-likeness (QED) is 0.194. The molecule has 2 N–H and O–H groups in total. The number of nitrogens with one attached hydrogen (secondary N) is 2. The molecule has 0 fully saturated rings. The number of nitrogens with zero attached hydrogens (tertiary/aromatic N) is 2. The maximum absolute atomic E-state index is 6.26. The second kappa shape index (κ2) is 8.93. The number of benzene rings is 4. The lowest BCUT2D eigenvalue weighted by Gasteiger charge is -2.16. The van der Waals surface area contributed by atoms with Crippen LogP contribution in [0.25, 0.3) is 43.6 Å². The van der Waals surface area contributed by atoms with Crippen LogP contribution in [0.3, 0.4) is 0 Å². The lowest BCUT2D eigenvalue weighted by Crippen LogP contribution is -2.15. The number of rotatable bonds is 6. The molecule has 0 aliphatic rings. The smallest absolute Gasteiger partial charge is 0.119 e. The zero-order valence-corrected chi connectivity index (χ0v) is 19.9. The van der Waals surface area contributed by atoms with Crippen molar-refractivity contribution in [1.82, 2.24) is 9.97 Å². The molecular weight excluding hydrogens is 456 g/mol. The third-order valence-corrected chi connectivity index (χ3v) is 6.49. The van der Waals surface area contributed by atoms with Crippen LogP contribution in [0.2, 0.25) is 5.02 Å². The second-order valence-corrected chi connectivity index (χ2v) is 8.84. The Morgan fingerprint density at radius 1 is 0.629 bits per heavy atom. The van der Waals surface area contributed by atoms with Gasteiger partial charge in [0.1, 0.15) is 5.75 Å². The van der Waals surface area contributed by atoms with Crippen LogP contribution in [0.15, 0.2) is 84.9 Å². The van der Waals surface area contributed by atoms with Gasteiger partial charge in [0, 0.05) is 39.7 Å². The molecule has 6 aromatic rings. The predicted octanol–water partition coefficient (Wildman–Crippen LogP) is 7.28. The molecule has 0 aliphatic carbocycles. The van der Waals surface area contributed by atoms with Crippen molar-refractivity contribution in [3.8, 4) is 5.75 Å². The average Bonchev–Trinajstić information content (AvgIpc) is 2.89. The van der Waals surface area contributed by atoms with Crippen molar-refractivity contribution < 1.29 is 4.74 Å². The molecule has 0 saturated heterocycles. The SMILES string of the molecule is COc1ccc2nc3cc(Cl)ccc3c(NCCNc3c4ccccc4nc4ccccc34)c2c1. The van der Waals surface area contributed by atoms with E-state index < -0.39 is 0 Å². The van der Waals surface area contributed by atoms with Crippen LogP contribution in [0.1, 0.15) is 0 Å². The highest BCUT2D eigenvalue weighted by Gasteiger charge is 2.12. The van der Waals surface area contributed by atoms with E-state index in [0.29, 0.717) is 11.6 Å². The summed E-state index contributed by atoms with van der Waals surface area (Å²) >= 11 is 6.26. The van der Waals surface area contributed by atoms with Gasteiger partial charge in [-0.15, -0.1) is 0 Å². The Labute approximate surface area is 207 Å². The fourth-order valence-corrected chi connectivity index (χ4v) is 4.79. The van der Waals surface area contributed by atoms with E-state index in [1.54, 1.807) is 7.11 Å². The summed E-state index contributed by atoms with van der Waals surface area (Å²) in [6.07, 6.45) is 0. The number of hydrogen-bond donors (Lipinski definition) is 2. The van der Waals surface area contributed by atoms with Gasteiger partial charge in [-0.2, -0.15) is 0 Å². The second-order valence-electron chi connectivity index (χ2n) is 8.41. The van der Waals surface area contributed by atoms with E-state index in [9.17, 15) is 0 Å². The van der Waals surface area contributed by atoms with Crippen molar-refractivity contribution in [3.63, 3.8) is 0 Å². The molecule has 0 aliphatic heterocycles. The minimum atomic E-state index is 0.668. The van der Waals surface area contributed by atoms with Gasteiger partial charge in [-0.05, 0) is 48.5 Å². The maximum atomic E-state index is 6.26. The van der Waals surface area contributed by atoms with Crippen LogP contribution in [0, 0.1) is 0 Å². The summed E-state index contributed by atoms with van der Waals surface area (Å²) in [6.45, 7) is 1.43. The first-order valence-electron chi connectivity index (χ1n) is 11.5. The monoisotopic (exact) mass is 478 g/mol. The third kappa shape index (κ3) is 3.94. The molecule has 0 atom stereocenters. The molecule has 0 saturated carbocycles. The summed E-state index contributed by atoms with van der Waals surface area (Å²) in [4.78, 5) is 9.64. The Hall–Kier alpha value is -4.09. The topological polar surface area (TPSA) is 59.1 Å². The minimum absolute atomic E-state index is 0.668. The van der Waals surface area contributed by atoms with E-state index in [1.807, 2.05) is 48.5 Å². The molecule has 0 radical (unpaired) electrons. The van der Waals surface area contributed by atoms with Crippen LogP contribution >= 0.6 is 11.6 Å². The summed E-state index contributed by atoms with van der Waals surface area (Å²) < 4.78 is 5.48. The molecule has 0 bridgehead atoms. The van der Waals surface area contributed by atoms with Gasteiger partial charge in [0.2, 0.25) is 0 Å². The highest BCUT2D eigenvalue weighted by atomic mass is 35.5. The molecule has 2 aromatic heterocycles. The van der Waals surface area contributed by atoms with Gasteiger partial charge in [-0.25, -0.2) is 9.97 Å². The molecule has 6 heteroatoms. The predicted molar refractivity (Wildman–Crippen MR) is 147 cm³/mol. The van der Waals surface area contributed by atoms with E-state index in [-0.39, 0.29) is 0 Å². The average molecular weight is 479 g/mol. The molecule has 6 rings (SSSR count). The van der Waals surface area contributed by atoms with E-state index in [4.69, 9.17) is 26.3 Å². The Morgan fingerprint density at radius 2 is 1.20 bits per heavy atom. The summed E-state index contributed by atoms with van der Waals surface area (Å²) in [5.74, 6) is 0.795. The Kier molecular flexibility index (Phi) is 5.47. The van der Waals surface area contributed by atoms with Gasteiger partial charge < -0.3 is 15.4 Å². The van der Waals surface area contributed by atoms with Crippen LogP contribution in [0.5, 0.6) is 5.75 Å². The number of para-hydroxylation sites is 2. The Bertz CT molecular complexity index is 1660. The normalized spacial score (nSPS) is 11.4. The molecule has 5 nitrogen and oxygen atoms in total. The van der Waals surface area contributed by atoms with E-state index in [0.717, 1.165) is 67.3 Å². The molecule has 35 heavy (non-hydrogen) atoms. The number of anilines is 2. The summed E-state index contributed by atoms with van der Waals surface area (Å²) in [5, 5.41) is 12.3. The molecular formula is C29H23ClN4O. The standard InChI is InChI=1S/C29H23ClN4O/c1-35-19-11-13-26-23(17-19)29(22-12-10-18(30)16-27(22)34-26)32-15-14-31-28-20-6-2-4-8-24(20)33-25-9-5-3-7-21(25)28/h2-13,16-17H,14-15H2,1H3,(H,31,33)(H,32,34). The lowest BCUT2D eigenvalue weighted by molar-refractivity contribution is 0.415. The number of halogens is 1. The van der Waals surface area contributed by atoms with Crippen molar-refractivity contribution in [2.75, 3.05) is 30.8 Å². The summed E-state index contributed by atoms with van der Waals surface area (Å²) in [5.41, 5.74) is 5.84. The van der Waals surface area contributed by atoms with Gasteiger partial charge in [0.05, 0.1) is 40.6 Å². The molecule has 4 aromatic carbocycles. The van der Waals surface area contributed by atoms with Crippen LogP contribution in [-0.2, 0) is 0 Å². The number of ether oxygens (including phenoxy) is 1. The molecule has 2 heterocycles. The number of aromatic nitrogens is 2. The maximum Gasteiger partial charge on any atom is 0.119 e. The molecule has 0 amide bonds. The molecule has 0 unspecified atom stereocenters. The number of pyridine rings is 2. The largest absolute Gasteiger partial charge is 0.497 e. The van der Waals surface area contributed by atoms with Gasteiger partial charge in [0.25, 0.3) is 0 Å². The van der Waals surface area contributed by atoms with Crippen LogP contribution < -0.4 is 15.4 Å². The highest BCUT2D eigenvalue weighted by Crippen LogP contribution is 2.34. The fourth-order valence-electron chi connectivity index (χ4n) is 4.62. The van der Waals surface area contributed by atoms with Gasteiger partial charge in [-0.3, -0.25) is 0 Å². The Balaban J connectivity index is 1.34. The van der Waals surface area contributed by atoms with Crippen molar-refractivity contribution >= 4 is 66.6 Å². The first-order chi connectivity index (χ1) is 17.2. The van der Waals surface area contributed by atoms with Crippen LogP contribution in [0.4, 0.5) is 11.4 Å². The zero-order chi connectivity index (χ0) is 23.8. The van der Waals surface area contributed by atoms with Gasteiger partial charge in [0.15, 0.2) is 0 Å². The van der Waals surface area contributed by atoms with Crippen molar-refractivity contribution in [3.05, 3.63) is 90.0 Å². The van der Waals surface area contributed by atoms with E-state index in [2.05, 4.69) is 47.0 Å². The first-order valence-corrected chi connectivity index (χ1v) is 11.9. The summed E-state index contributed by atoms with van der Waals surface area (Å²) in [7, 11) is 1.68. The van der Waals surface area contributed by atoms with Crippen molar-refractivity contribution in [2.24, 2.45) is 0 Å². The van der Waals surface area contributed by atoms with Crippen molar-refractivity contribution in [2.45, 2.75) is 0 Å². The van der Waals surface area contributed by atoms with E-state index in [1.165, 1.54) is 0 Å². The van der Waals surface area contributed by atoms with Gasteiger partial charge >= 0.3 is 0 Å². The molecule has 0 spiro atoms. The third-order valence-electron chi connectivity index (χ3n) is 6.26. The zero-order valence-electron chi connectivity index (χ0n) is 19.2. The van der Waals surface area contributed by atoms with Gasteiger partial charge in [-0.1, -0.05) is 48.0 Å². The van der Waals surface area contributed by atoms with Crippen molar-refractivity contribution in [1.29, 1.82) is 0 Å². The number of fused-ring (bicyclic) bond motifs is 4. The Morgan fingerprint density at radius 3 is 1.89 bits per heavy atom. The number of methoxy groups -OCH3 is 1. The minimum Gasteiger partial charge on any atom is -0.497 e. The van der Waals surface area contributed by atoms with E-state index >= 15 is 0 Å².